The van der Waals surface area contributed by atoms with Crippen LogP contribution < -0.4 is 5.32 Å². The SMILES string of the molecule is O=C(OCCC1(c2ccc(F)c(F)c2)CNCCO1)c1ccccc1. The predicted molar refractivity (Wildman–Crippen MR) is 88.2 cm³/mol. The van der Waals surface area contributed by atoms with E-state index in [1.165, 1.54) is 6.07 Å². The van der Waals surface area contributed by atoms with E-state index < -0.39 is 23.2 Å². The van der Waals surface area contributed by atoms with Gasteiger partial charge in [0.2, 0.25) is 0 Å². The number of halogens is 2. The summed E-state index contributed by atoms with van der Waals surface area (Å²) >= 11 is 0. The monoisotopic (exact) mass is 347 g/mol. The Labute approximate surface area is 144 Å². The molecule has 2 aromatic carbocycles. The molecular formula is C19H19F2NO3. The molecule has 1 atom stereocenters. The van der Waals surface area contributed by atoms with Gasteiger partial charge >= 0.3 is 5.97 Å². The van der Waals surface area contributed by atoms with Gasteiger partial charge in [-0.1, -0.05) is 24.3 Å². The van der Waals surface area contributed by atoms with Crippen LogP contribution >= 0.6 is 0 Å². The second-order valence-corrected chi connectivity index (χ2v) is 5.90. The van der Waals surface area contributed by atoms with E-state index in [4.69, 9.17) is 9.47 Å². The van der Waals surface area contributed by atoms with Crippen LogP contribution in [0, 0.1) is 11.6 Å². The Morgan fingerprint density at radius 3 is 2.64 bits per heavy atom. The van der Waals surface area contributed by atoms with Gasteiger partial charge < -0.3 is 14.8 Å². The van der Waals surface area contributed by atoms with Crippen molar-refractivity contribution in [2.24, 2.45) is 0 Å². The quantitative estimate of drug-likeness (QED) is 0.845. The van der Waals surface area contributed by atoms with Gasteiger partial charge in [-0.3, -0.25) is 0 Å². The third-order valence-corrected chi connectivity index (χ3v) is 4.26. The average Bonchev–Trinajstić information content (AvgIpc) is 2.65. The van der Waals surface area contributed by atoms with Gasteiger partial charge in [0.25, 0.3) is 0 Å². The molecule has 1 fully saturated rings. The van der Waals surface area contributed by atoms with Crippen LogP contribution in [0.5, 0.6) is 0 Å². The summed E-state index contributed by atoms with van der Waals surface area (Å²) in [5.41, 5.74) is 0.130. The normalized spacial score (nSPS) is 20.2. The van der Waals surface area contributed by atoms with Crippen LogP contribution in [0.15, 0.2) is 48.5 Å². The van der Waals surface area contributed by atoms with E-state index in [1.54, 1.807) is 24.3 Å². The van der Waals surface area contributed by atoms with Crippen LogP contribution in [0.4, 0.5) is 8.78 Å². The van der Waals surface area contributed by atoms with Crippen molar-refractivity contribution < 1.29 is 23.0 Å². The van der Waals surface area contributed by atoms with E-state index in [0.29, 0.717) is 37.2 Å². The molecule has 2 aromatic rings. The van der Waals surface area contributed by atoms with Crippen molar-refractivity contribution in [3.05, 3.63) is 71.3 Å². The highest BCUT2D eigenvalue weighted by molar-refractivity contribution is 5.89. The Bertz CT molecular complexity index is 731. The number of carbonyl (C=O) groups excluding carboxylic acids is 1. The van der Waals surface area contributed by atoms with Gasteiger partial charge in [-0.15, -0.1) is 0 Å². The van der Waals surface area contributed by atoms with Gasteiger partial charge in [0, 0.05) is 19.5 Å². The van der Waals surface area contributed by atoms with Gasteiger partial charge in [0.05, 0.1) is 18.8 Å². The van der Waals surface area contributed by atoms with Crippen molar-refractivity contribution >= 4 is 5.97 Å². The highest BCUT2D eigenvalue weighted by Gasteiger charge is 2.36. The van der Waals surface area contributed by atoms with Crippen molar-refractivity contribution in [2.45, 2.75) is 12.0 Å². The number of carbonyl (C=O) groups is 1. The van der Waals surface area contributed by atoms with Gasteiger partial charge in [0.15, 0.2) is 11.6 Å². The van der Waals surface area contributed by atoms with Gasteiger partial charge in [0.1, 0.15) is 5.60 Å². The maximum Gasteiger partial charge on any atom is 0.338 e. The molecule has 4 nitrogen and oxygen atoms in total. The number of nitrogens with one attached hydrogen (secondary N) is 1. The smallest absolute Gasteiger partial charge is 0.338 e. The Balaban J connectivity index is 1.71. The predicted octanol–water partition coefficient (Wildman–Crippen LogP) is 3.03. The van der Waals surface area contributed by atoms with Crippen molar-refractivity contribution in [3.8, 4) is 0 Å². The Morgan fingerprint density at radius 2 is 1.96 bits per heavy atom. The molecule has 0 saturated carbocycles. The molecule has 0 aliphatic carbocycles. The largest absolute Gasteiger partial charge is 0.462 e. The number of hydrogen-bond acceptors (Lipinski definition) is 4. The van der Waals surface area contributed by atoms with E-state index >= 15 is 0 Å². The molecule has 1 aliphatic heterocycles. The van der Waals surface area contributed by atoms with Crippen LogP contribution in [0.25, 0.3) is 0 Å². The van der Waals surface area contributed by atoms with Crippen molar-refractivity contribution in [1.82, 2.24) is 5.32 Å². The Kier molecular flexibility index (Phi) is 5.40. The second kappa shape index (κ2) is 7.72. The lowest BCUT2D eigenvalue weighted by Crippen LogP contribution is -2.48. The zero-order valence-electron chi connectivity index (χ0n) is 13.6. The van der Waals surface area contributed by atoms with E-state index in [-0.39, 0.29) is 6.61 Å². The molecule has 1 unspecified atom stereocenters. The first kappa shape index (κ1) is 17.5. The number of esters is 1. The Morgan fingerprint density at radius 1 is 1.16 bits per heavy atom. The first-order chi connectivity index (χ1) is 12.1. The van der Waals surface area contributed by atoms with E-state index in [1.807, 2.05) is 6.07 Å². The van der Waals surface area contributed by atoms with E-state index in [2.05, 4.69) is 5.32 Å². The lowest BCUT2D eigenvalue weighted by Gasteiger charge is -2.38. The number of rotatable bonds is 5. The fourth-order valence-corrected chi connectivity index (χ4v) is 2.90. The number of benzene rings is 2. The molecule has 3 rings (SSSR count). The summed E-state index contributed by atoms with van der Waals surface area (Å²) in [6, 6.07) is 12.4. The molecule has 0 amide bonds. The third kappa shape index (κ3) is 4.03. The maximum absolute atomic E-state index is 13.6. The molecule has 0 bridgehead atoms. The number of ether oxygens (including phenoxy) is 2. The highest BCUT2D eigenvalue weighted by atomic mass is 19.2. The van der Waals surface area contributed by atoms with E-state index in [0.717, 1.165) is 12.1 Å². The first-order valence-electron chi connectivity index (χ1n) is 8.13. The Hall–Kier alpha value is -2.31. The third-order valence-electron chi connectivity index (χ3n) is 4.26. The molecule has 1 N–H and O–H groups in total. The minimum atomic E-state index is -0.924. The number of hydrogen-bond donors (Lipinski definition) is 1. The summed E-state index contributed by atoms with van der Waals surface area (Å²) in [7, 11) is 0. The fraction of sp³-hybridized carbons (Fsp3) is 0.316. The molecule has 1 saturated heterocycles. The van der Waals surface area contributed by atoms with Crippen LogP contribution in [0.1, 0.15) is 22.3 Å². The summed E-state index contributed by atoms with van der Waals surface area (Å²) in [4.78, 5) is 12.0. The summed E-state index contributed by atoms with van der Waals surface area (Å²) < 4.78 is 38.1. The van der Waals surface area contributed by atoms with Crippen LogP contribution in [0.2, 0.25) is 0 Å². The van der Waals surface area contributed by atoms with Crippen LogP contribution in [-0.2, 0) is 15.1 Å². The topological polar surface area (TPSA) is 47.6 Å². The van der Waals surface area contributed by atoms with Crippen molar-refractivity contribution in [1.29, 1.82) is 0 Å². The van der Waals surface area contributed by atoms with Crippen LogP contribution in [-0.4, -0.2) is 32.3 Å². The highest BCUT2D eigenvalue weighted by Crippen LogP contribution is 2.32. The maximum atomic E-state index is 13.6. The standard InChI is InChI=1S/C19H19F2NO3/c20-16-7-6-15(12-17(16)21)19(13-22-9-11-25-19)8-10-24-18(23)14-4-2-1-3-5-14/h1-7,12,22H,8-11,13H2. The summed E-state index contributed by atoms with van der Waals surface area (Å²) in [5, 5.41) is 3.20. The fourth-order valence-electron chi connectivity index (χ4n) is 2.90. The molecular weight excluding hydrogens is 328 g/mol. The van der Waals surface area contributed by atoms with Gasteiger partial charge in [-0.05, 0) is 29.8 Å². The molecule has 132 valence electrons. The summed E-state index contributed by atoms with van der Waals surface area (Å²) in [6.45, 7) is 1.65. The van der Waals surface area contributed by atoms with Gasteiger partial charge in [-0.2, -0.15) is 0 Å². The van der Waals surface area contributed by atoms with Crippen LogP contribution in [0.3, 0.4) is 0 Å². The van der Waals surface area contributed by atoms with Crippen molar-refractivity contribution in [3.63, 3.8) is 0 Å². The zero-order chi connectivity index (χ0) is 17.7. The average molecular weight is 347 g/mol. The molecule has 0 aromatic heterocycles. The number of morpholine rings is 1. The van der Waals surface area contributed by atoms with E-state index in [9.17, 15) is 13.6 Å². The zero-order valence-corrected chi connectivity index (χ0v) is 13.6. The molecule has 1 aliphatic rings. The minimum Gasteiger partial charge on any atom is -0.462 e. The molecule has 6 heteroatoms. The van der Waals surface area contributed by atoms with Gasteiger partial charge in [-0.25, -0.2) is 13.6 Å². The molecule has 0 spiro atoms. The first-order valence-corrected chi connectivity index (χ1v) is 8.13. The molecule has 1 heterocycles. The minimum absolute atomic E-state index is 0.106. The van der Waals surface area contributed by atoms with Crippen molar-refractivity contribution in [2.75, 3.05) is 26.3 Å². The lowest BCUT2D eigenvalue weighted by molar-refractivity contribution is -0.0855. The molecule has 25 heavy (non-hydrogen) atoms. The lowest BCUT2D eigenvalue weighted by atomic mass is 9.89. The second-order valence-electron chi connectivity index (χ2n) is 5.90. The molecule has 0 radical (unpaired) electrons. The summed E-state index contributed by atoms with van der Waals surface area (Å²) in [6.07, 6.45) is 0.337. The summed E-state index contributed by atoms with van der Waals surface area (Å²) in [5.74, 6) is -2.25.